The fourth-order valence-electron chi connectivity index (χ4n) is 2.26. The number of rotatable bonds is 3. The first-order valence-corrected chi connectivity index (χ1v) is 5.93. The first-order chi connectivity index (χ1) is 8.15. The molecule has 5 N–H and O–H groups in total. The Kier molecular flexibility index (Phi) is 3.46. The Hall–Kier alpha value is -1.78. The molecule has 0 spiro atoms. The zero-order chi connectivity index (χ0) is 12.3. The van der Waals surface area contributed by atoms with Crippen molar-refractivity contribution in [2.45, 2.75) is 31.7 Å². The first-order valence-electron chi connectivity index (χ1n) is 5.93. The fraction of sp³-hybridized carbons (Fsp3) is 0.500. The van der Waals surface area contributed by atoms with Gasteiger partial charge in [-0.25, -0.2) is 4.98 Å². The summed E-state index contributed by atoms with van der Waals surface area (Å²) in [5, 5.41) is 3.34. The second-order valence-electron chi connectivity index (χ2n) is 4.54. The molecule has 0 unspecified atom stereocenters. The molecule has 1 aromatic rings. The molecule has 0 bridgehead atoms. The third-order valence-corrected chi connectivity index (χ3v) is 3.25. The SMILES string of the molecule is NC(=O)C1CCC(Nc2cccc(N)n2)CC1. The largest absolute Gasteiger partial charge is 0.384 e. The lowest BCUT2D eigenvalue weighted by Gasteiger charge is -2.27. The van der Waals surface area contributed by atoms with Crippen LogP contribution in [0.2, 0.25) is 0 Å². The highest BCUT2D eigenvalue weighted by molar-refractivity contribution is 5.76. The van der Waals surface area contributed by atoms with E-state index in [-0.39, 0.29) is 11.8 Å². The number of primary amides is 1. The van der Waals surface area contributed by atoms with Gasteiger partial charge in [-0.15, -0.1) is 0 Å². The molecule has 0 aromatic carbocycles. The smallest absolute Gasteiger partial charge is 0.220 e. The zero-order valence-electron chi connectivity index (χ0n) is 9.73. The molecule has 1 amide bonds. The molecule has 1 fully saturated rings. The molecule has 0 aliphatic heterocycles. The Morgan fingerprint density at radius 3 is 2.59 bits per heavy atom. The minimum Gasteiger partial charge on any atom is -0.384 e. The lowest BCUT2D eigenvalue weighted by molar-refractivity contribution is -0.122. The van der Waals surface area contributed by atoms with Gasteiger partial charge >= 0.3 is 0 Å². The van der Waals surface area contributed by atoms with Crippen LogP contribution in [-0.2, 0) is 4.79 Å². The summed E-state index contributed by atoms with van der Waals surface area (Å²) in [7, 11) is 0. The number of anilines is 2. The third-order valence-electron chi connectivity index (χ3n) is 3.25. The monoisotopic (exact) mass is 234 g/mol. The molecular formula is C12H18N4O. The molecule has 5 nitrogen and oxygen atoms in total. The summed E-state index contributed by atoms with van der Waals surface area (Å²) in [6.45, 7) is 0. The van der Waals surface area contributed by atoms with Crippen LogP contribution in [0, 0.1) is 5.92 Å². The molecule has 1 saturated carbocycles. The molecule has 0 radical (unpaired) electrons. The first kappa shape index (κ1) is 11.7. The van der Waals surface area contributed by atoms with E-state index < -0.39 is 0 Å². The Morgan fingerprint density at radius 2 is 2.00 bits per heavy atom. The number of carbonyl (C=O) groups excluding carboxylic acids is 1. The van der Waals surface area contributed by atoms with Crippen molar-refractivity contribution in [2.75, 3.05) is 11.1 Å². The van der Waals surface area contributed by atoms with Crippen LogP contribution in [-0.4, -0.2) is 16.9 Å². The van der Waals surface area contributed by atoms with Crippen molar-refractivity contribution in [3.8, 4) is 0 Å². The number of hydrogen-bond acceptors (Lipinski definition) is 4. The normalized spacial score (nSPS) is 24.2. The summed E-state index contributed by atoms with van der Waals surface area (Å²) in [6.07, 6.45) is 3.61. The second kappa shape index (κ2) is 5.03. The molecule has 5 heteroatoms. The Bertz CT molecular complexity index is 399. The van der Waals surface area contributed by atoms with Crippen LogP contribution in [0.3, 0.4) is 0 Å². The number of nitrogens with zero attached hydrogens (tertiary/aromatic N) is 1. The van der Waals surface area contributed by atoms with E-state index in [0.29, 0.717) is 11.9 Å². The van der Waals surface area contributed by atoms with Gasteiger partial charge < -0.3 is 16.8 Å². The molecule has 1 aliphatic carbocycles. The van der Waals surface area contributed by atoms with Crippen molar-refractivity contribution >= 4 is 17.5 Å². The summed E-state index contributed by atoms with van der Waals surface area (Å²) in [4.78, 5) is 15.2. The number of hydrogen-bond donors (Lipinski definition) is 3. The van der Waals surface area contributed by atoms with Gasteiger partial charge in [0.1, 0.15) is 11.6 Å². The summed E-state index contributed by atoms with van der Waals surface area (Å²) < 4.78 is 0. The lowest BCUT2D eigenvalue weighted by Crippen LogP contribution is -2.32. The van der Waals surface area contributed by atoms with Gasteiger partial charge in [-0.3, -0.25) is 4.79 Å². The highest BCUT2D eigenvalue weighted by Crippen LogP contribution is 2.26. The Morgan fingerprint density at radius 1 is 1.29 bits per heavy atom. The van der Waals surface area contributed by atoms with E-state index in [1.54, 1.807) is 6.07 Å². The second-order valence-corrected chi connectivity index (χ2v) is 4.54. The van der Waals surface area contributed by atoms with Crippen LogP contribution in [0.1, 0.15) is 25.7 Å². The summed E-state index contributed by atoms with van der Waals surface area (Å²) in [5.41, 5.74) is 10.9. The minimum atomic E-state index is -0.175. The van der Waals surface area contributed by atoms with Crippen LogP contribution in [0.15, 0.2) is 18.2 Å². The van der Waals surface area contributed by atoms with Gasteiger partial charge in [-0.05, 0) is 37.8 Å². The average Bonchev–Trinajstić information content (AvgIpc) is 2.29. The van der Waals surface area contributed by atoms with Crippen LogP contribution < -0.4 is 16.8 Å². The predicted molar refractivity (Wildman–Crippen MR) is 67.2 cm³/mol. The molecule has 0 atom stereocenters. The van der Waals surface area contributed by atoms with Crippen molar-refractivity contribution in [1.29, 1.82) is 0 Å². The van der Waals surface area contributed by atoms with Crippen LogP contribution >= 0.6 is 0 Å². The van der Waals surface area contributed by atoms with E-state index in [1.807, 2.05) is 12.1 Å². The highest BCUT2D eigenvalue weighted by Gasteiger charge is 2.24. The molecule has 0 saturated heterocycles. The number of amides is 1. The number of carbonyl (C=O) groups is 1. The van der Waals surface area contributed by atoms with E-state index in [4.69, 9.17) is 11.5 Å². The van der Waals surface area contributed by atoms with Crippen molar-refractivity contribution in [2.24, 2.45) is 11.7 Å². The summed E-state index contributed by atoms with van der Waals surface area (Å²) in [5.74, 6) is 1.18. The van der Waals surface area contributed by atoms with Gasteiger partial charge in [-0.1, -0.05) is 6.07 Å². The maximum atomic E-state index is 11.0. The quantitative estimate of drug-likeness (QED) is 0.730. The maximum absolute atomic E-state index is 11.0. The Labute approximate surface area is 101 Å². The number of nitrogens with two attached hydrogens (primary N) is 2. The molecule has 1 heterocycles. The maximum Gasteiger partial charge on any atom is 0.220 e. The lowest BCUT2D eigenvalue weighted by atomic mass is 9.85. The predicted octanol–water partition coefficient (Wildman–Crippen LogP) is 1.12. The molecule has 92 valence electrons. The van der Waals surface area contributed by atoms with E-state index in [9.17, 15) is 4.79 Å². The number of nitrogen functional groups attached to an aromatic ring is 1. The molecule has 1 aromatic heterocycles. The van der Waals surface area contributed by atoms with E-state index in [2.05, 4.69) is 10.3 Å². The van der Waals surface area contributed by atoms with Crippen LogP contribution in [0.25, 0.3) is 0 Å². The van der Waals surface area contributed by atoms with Gasteiger partial charge in [0.15, 0.2) is 0 Å². The topological polar surface area (TPSA) is 94.0 Å². The summed E-state index contributed by atoms with van der Waals surface area (Å²) >= 11 is 0. The molecule has 2 rings (SSSR count). The average molecular weight is 234 g/mol. The fourth-order valence-corrected chi connectivity index (χ4v) is 2.26. The number of nitrogens with one attached hydrogen (secondary N) is 1. The molecule has 17 heavy (non-hydrogen) atoms. The van der Waals surface area contributed by atoms with Crippen molar-refractivity contribution in [3.05, 3.63) is 18.2 Å². The minimum absolute atomic E-state index is 0.0434. The molecular weight excluding hydrogens is 216 g/mol. The van der Waals surface area contributed by atoms with Crippen LogP contribution in [0.4, 0.5) is 11.6 Å². The highest BCUT2D eigenvalue weighted by atomic mass is 16.1. The molecule has 1 aliphatic rings. The van der Waals surface area contributed by atoms with Gasteiger partial charge in [0, 0.05) is 12.0 Å². The van der Waals surface area contributed by atoms with Crippen LogP contribution in [0.5, 0.6) is 0 Å². The van der Waals surface area contributed by atoms with E-state index in [0.717, 1.165) is 31.5 Å². The standard InChI is InChI=1S/C12H18N4O/c13-10-2-1-3-11(16-10)15-9-6-4-8(5-7-9)12(14)17/h1-3,8-9H,4-7H2,(H2,14,17)(H3,13,15,16). The summed E-state index contributed by atoms with van der Waals surface area (Å²) in [6, 6.07) is 5.89. The van der Waals surface area contributed by atoms with E-state index >= 15 is 0 Å². The number of pyridine rings is 1. The van der Waals surface area contributed by atoms with Gasteiger partial charge in [-0.2, -0.15) is 0 Å². The third kappa shape index (κ3) is 3.09. The number of aromatic nitrogens is 1. The van der Waals surface area contributed by atoms with E-state index in [1.165, 1.54) is 0 Å². The zero-order valence-corrected chi connectivity index (χ0v) is 9.73. The van der Waals surface area contributed by atoms with Crippen molar-refractivity contribution < 1.29 is 4.79 Å². The van der Waals surface area contributed by atoms with Gasteiger partial charge in [0.2, 0.25) is 5.91 Å². The van der Waals surface area contributed by atoms with Gasteiger partial charge in [0.25, 0.3) is 0 Å². The Balaban J connectivity index is 1.88. The van der Waals surface area contributed by atoms with Crippen molar-refractivity contribution in [3.63, 3.8) is 0 Å². The van der Waals surface area contributed by atoms with Gasteiger partial charge in [0.05, 0.1) is 0 Å². The van der Waals surface area contributed by atoms with Crippen molar-refractivity contribution in [1.82, 2.24) is 4.98 Å².